The van der Waals surface area contributed by atoms with Gasteiger partial charge in [0.2, 0.25) is 0 Å². The number of hydrogen-bond acceptors (Lipinski definition) is 2. The molecule has 1 aliphatic rings. The maximum atomic E-state index is 11.3. The fourth-order valence-corrected chi connectivity index (χ4v) is 1.50. The standard InChI is InChI=1S/C10H14O2/c1-7-6-9(12)4-5-10(7,3)8(2)11/h6H,4-5H2,1-3H3/t10-/m1/s1. The predicted octanol–water partition coefficient (Wildman–Crippen LogP) is 1.89. The fraction of sp³-hybridized carbons (Fsp3) is 0.600. The number of rotatable bonds is 1. The van der Waals surface area contributed by atoms with Crippen LogP contribution in [-0.2, 0) is 9.59 Å². The van der Waals surface area contributed by atoms with Gasteiger partial charge in [-0.1, -0.05) is 5.57 Å². The third-order valence-corrected chi connectivity index (χ3v) is 2.90. The first-order valence-corrected chi connectivity index (χ1v) is 4.19. The molecule has 0 bridgehead atoms. The van der Waals surface area contributed by atoms with E-state index in [0.717, 1.165) is 5.57 Å². The van der Waals surface area contributed by atoms with Crippen LogP contribution < -0.4 is 0 Å². The van der Waals surface area contributed by atoms with Crippen LogP contribution >= 0.6 is 0 Å². The van der Waals surface area contributed by atoms with E-state index in [-0.39, 0.29) is 17.0 Å². The Hall–Kier alpha value is -0.920. The van der Waals surface area contributed by atoms with E-state index in [0.29, 0.717) is 12.8 Å². The van der Waals surface area contributed by atoms with Crippen LogP contribution in [0.2, 0.25) is 0 Å². The molecule has 0 aliphatic heterocycles. The van der Waals surface area contributed by atoms with Gasteiger partial charge in [-0.3, -0.25) is 9.59 Å². The summed E-state index contributed by atoms with van der Waals surface area (Å²) < 4.78 is 0. The molecule has 0 saturated carbocycles. The highest BCUT2D eigenvalue weighted by atomic mass is 16.1. The third kappa shape index (κ3) is 1.33. The number of carbonyl (C=O) groups is 2. The summed E-state index contributed by atoms with van der Waals surface area (Å²) in [5.74, 6) is 0.301. The number of hydrogen-bond donors (Lipinski definition) is 0. The minimum absolute atomic E-state index is 0.145. The Labute approximate surface area is 72.7 Å². The minimum Gasteiger partial charge on any atom is -0.299 e. The quantitative estimate of drug-likeness (QED) is 0.596. The molecule has 66 valence electrons. The maximum absolute atomic E-state index is 11.3. The van der Waals surface area contributed by atoms with Gasteiger partial charge >= 0.3 is 0 Å². The van der Waals surface area contributed by atoms with Crippen molar-refractivity contribution in [3.05, 3.63) is 11.6 Å². The molecule has 0 N–H and O–H groups in total. The summed E-state index contributed by atoms with van der Waals surface area (Å²) in [5.41, 5.74) is 0.528. The lowest BCUT2D eigenvalue weighted by atomic mass is 9.72. The van der Waals surface area contributed by atoms with Gasteiger partial charge in [0.1, 0.15) is 5.78 Å². The average molecular weight is 166 g/mol. The zero-order chi connectivity index (χ0) is 9.35. The van der Waals surface area contributed by atoms with Crippen LogP contribution in [0.3, 0.4) is 0 Å². The summed E-state index contributed by atoms with van der Waals surface area (Å²) in [6.45, 7) is 5.36. The van der Waals surface area contributed by atoms with Crippen molar-refractivity contribution in [2.24, 2.45) is 5.41 Å². The monoisotopic (exact) mass is 166 g/mol. The highest BCUT2D eigenvalue weighted by Crippen LogP contribution is 2.36. The summed E-state index contributed by atoms with van der Waals surface area (Å²) in [4.78, 5) is 22.3. The van der Waals surface area contributed by atoms with E-state index in [2.05, 4.69) is 0 Å². The number of allylic oxidation sites excluding steroid dienone is 2. The van der Waals surface area contributed by atoms with Crippen molar-refractivity contribution < 1.29 is 9.59 Å². The largest absolute Gasteiger partial charge is 0.299 e. The number of carbonyl (C=O) groups excluding carboxylic acids is 2. The molecule has 0 fully saturated rings. The van der Waals surface area contributed by atoms with E-state index in [1.165, 1.54) is 0 Å². The fourth-order valence-electron chi connectivity index (χ4n) is 1.50. The molecule has 1 atom stereocenters. The Morgan fingerprint density at radius 3 is 2.58 bits per heavy atom. The van der Waals surface area contributed by atoms with E-state index in [9.17, 15) is 9.59 Å². The maximum Gasteiger partial charge on any atom is 0.155 e. The summed E-state index contributed by atoms with van der Waals surface area (Å²) in [5, 5.41) is 0. The summed E-state index contributed by atoms with van der Waals surface area (Å²) in [7, 11) is 0. The van der Waals surface area contributed by atoms with E-state index in [1.807, 2.05) is 13.8 Å². The van der Waals surface area contributed by atoms with Crippen LogP contribution in [0, 0.1) is 5.41 Å². The van der Waals surface area contributed by atoms with Crippen molar-refractivity contribution in [3.8, 4) is 0 Å². The lowest BCUT2D eigenvalue weighted by molar-refractivity contribution is -0.125. The van der Waals surface area contributed by atoms with Gasteiger partial charge in [-0.05, 0) is 33.3 Å². The molecule has 1 rings (SSSR count). The Balaban J connectivity index is 3.02. The van der Waals surface area contributed by atoms with Gasteiger partial charge in [0.05, 0.1) is 0 Å². The van der Waals surface area contributed by atoms with Crippen LogP contribution in [0.25, 0.3) is 0 Å². The molecule has 0 amide bonds. The molecule has 2 nitrogen and oxygen atoms in total. The second kappa shape index (κ2) is 2.85. The van der Waals surface area contributed by atoms with Crippen molar-refractivity contribution in [3.63, 3.8) is 0 Å². The first kappa shape index (κ1) is 9.17. The minimum atomic E-state index is -0.381. The Morgan fingerprint density at radius 1 is 1.58 bits per heavy atom. The van der Waals surface area contributed by atoms with Crippen LogP contribution in [0.5, 0.6) is 0 Å². The SMILES string of the molecule is CC(=O)[C@]1(C)CCC(=O)C=C1C. The van der Waals surface area contributed by atoms with Crippen molar-refractivity contribution in [1.29, 1.82) is 0 Å². The number of ketones is 2. The lowest BCUT2D eigenvalue weighted by Crippen LogP contribution is -2.30. The van der Waals surface area contributed by atoms with Gasteiger partial charge in [0.25, 0.3) is 0 Å². The van der Waals surface area contributed by atoms with Gasteiger partial charge in [-0.2, -0.15) is 0 Å². The second-order valence-electron chi connectivity index (χ2n) is 3.68. The van der Waals surface area contributed by atoms with Crippen LogP contribution in [0.15, 0.2) is 11.6 Å². The number of Topliss-reactive ketones (excluding diaryl/α,β-unsaturated/α-hetero) is 1. The van der Waals surface area contributed by atoms with Crippen LogP contribution in [0.1, 0.15) is 33.6 Å². The molecule has 0 aromatic heterocycles. The van der Waals surface area contributed by atoms with Gasteiger partial charge in [-0.15, -0.1) is 0 Å². The first-order valence-electron chi connectivity index (χ1n) is 4.19. The van der Waals surface area contributed by atoms with Crippen molar-refractivity contribution in [2.75, 3.05) is 0 Å². The molecule has 1 aliphatic carbocycles. The van der Waals surface area contributed by atoms with E-state index >= 15 is 0 Å². The highest BCUT2D eigenvalue weighted by molar-refractivity contribution is 5.96. The normalized spacial score (nSPS) is 29.9. The molecular formula is C10H14O2. The smallest absolute Gasteiger partial charge is 0.155 e. The van der Waals surface area contributed by atoms with Gasteiger partial charge in [0, 0.05) is 11.8 Å². The lowest BCUT2D eigenvalue weighted by Gasteiger charge is -2.30. The van der Waals surface area contributed by atoms with E-state index in [4.69, 9.17) is 0 Å². The molecule has 0 unspecified atom stereocenters. The third-order valence-electron chi connectivity index (χ3n) is 2.90. The second-order valence-corrected chi connectivity index (χ2v) is 3.68. The molecule has 0 heterocycles. The molecule has 0 aromatic rings. The summed E-state index contributed by atoms with van der Waals surface area (Å²) >= 11 is 0. The van der Waals surface area contributed by atoms with Crippen molar-refractivity contribution in [1.82, 2.24) is 0 Å². The molecule has 0 aromatic carbocycles. The highest BCUT2D eigenvalue weighted by Gasteiger charge is 2.34. The first-order chi connectivity index (χ1) is 5.47. The van der Waals surface area contributed by atoms with Crippen LogP contribution in [0.4, 0.5) is 0 Å². The Kier molecular flexibility index (Phi) is 2.18. The van der Waals surface area contributed by atoms with Crippen molar-refractivity contribution in [2.45, 2.75) is 33.6 Å². The molecule has 0 saturated heterocycles. The molecular weight excluding hydrogens is 152 g/mol. The topological polar surface area (TPSA) is 34.1 Å². The Morgan fingerprint density at radius 2 is 2.17 bits per heavy atom. The molecule has 0 radical (unpaired) electrons. The zero-order valence-electron chi connectivity index (χ0n) is 7.81. The molecule has 12 heavy (non-hydrogen) atoms. The van der Waals surface area contributed by atoms with Gasteiger partial charge in [0.15, 0.2) is 5.78 Å². The van der Waals surface area contributed by atoms with Gasteiger partial charge in [-0.25, -0.2) is 0 Å². The molecule has 2 heteroatoms. The zero-order valence-corrected chi connectivity index (χ0v) is 7.81. The van der Waals surface area contributed by atoms with Gasteiger partial charge < -0.3 is 0 Å². The Bertz CT molecular complexity index is 263. The summed E-state index contributed by atoms with van der Waals surface area (Å²) in [6, 6.07) is 0. The van der Waals surface area contributed by atoms with Crippen LogP contribution in [-0.4, -0.2) is 11.6 Å². The summed E-state index contributed by atoms with van der Waals surface area (Å²) in [6.07, 6.45) is 2.78. The predicted molar refractivity (Wildman–Crippen MR) is 46.8 cm³/mol. The van der Waals surface area contributed by atoms with E-state index < -0.39 is 0 Å². The van der Waals surface area contributed by atoms with E-state index in [1.54, 1.807) is 13.0 Å². The van der Waals surface area contributed by atoms with Crippen molar-refractivity contribution >= 4 is 11.6 Å². The molecule has 0 spiro atoms. The average Bonchev–Trinajstić information content (AvgIpc) is 1.97.